The number of benzene rings is 2. The smallest absolute Gasteiger partial charge is 0.264 e. The lowest BCUT2D eigenvalue weighted by molar-refractivity contribution is 0.0199. The van der Waals surface area contributed by atoms with Gasteiger partial charge in [0.2, 0.25) is 0 Å². The van der Waals surface area contributed by atoms with Crippen LogP contribution in [0.25, 0.3) is 22.2 Å². The van der Waals surface area contributed by atoms with Crippen LogP contribution in [-0.4, -0.2) is 48.5 Å². The van der Waals surface area contributed by atoms with Gasteiger partial charge in [-0.1, -0.05) is 12.1 Å². The van der Waals surface area contributed by atoms with Crippen molar-refractivity contribution in [3.05, 3.63) is 65.6 Å². The van der Waals surface area contributed by atoms with E-state index in [1.165, 1.54) is 12.1 Å². The zero-order valence-corrected chi connectivity index (χ0v) is 26.8. The average Bonchev–Trinajstić information content (AvgIpc) is 3.40. The van der Waals surface area contributed by atoms with E-state index in [0.29, 0.717) is 16.9 Å². The van der Waals surface area contributed by atoms with Gasteiger partial charge < -0.3 is 15.8 Å². The van der Waals surface area contributed by atoms with Crippen molar-refractivity contribution in [3.63, 3.8) is 0 Å². The van der Waals surface area contributed by atoms with Crippen molar-refractivity contribution in [2.75, 3.05) is 24.1 Å². The topological polar surface area (TPSA) is 124 Å². The molecule has 0 spiro atoms. The van der Waals surface area contributed by atoms with Gasteiger partial charge in [-0.3, -0.25) is 9.40 Å². The fourth-order valence-electron chi connectivity index (χ4n) is 5.82. The van der Waals surface area contributed by atoms with Gasteiger partial charge in [-0.25, -0.2) is 26.6 Å². The lowest BCUT2D eigenvalue weighted by Gasteiger charge is -2.32. The number of halogens is 3. The molecule has 1 saturated carbocycles. The molecule has 0 saturated heterocycles. The molecule has 2 aromatic carbocycles. The Morgan fingerprint density at radius 2 is 1.76 bits per heavy atom. The first-order valence-corrected chi connectivity index (χ1v) is 16.4. The van der Waals surface area contributed by atoms with Gasteiger partial charge in [0.05, 0.1) is 22.2 Å². The van der Waals surface area contributed by atoms with Gasteiger partial charge in [-0.05, 0) is 83.1 Å². The maximum atomic E-state index is 15.7. The Balaban J connectivity index is 1.49. The second-order valence-electron chi connectivity index (χ2n) is 12.5. The average molecular weight is 645 g/mol. The molecule has 1 aliphatic rings. The van der Waals surface area contributed by atoms with Gasteiger partial charge >= 0.3 is 0 Å². The number of nitrogens with one attached hydrogen (secondary N) is 2. The fraction of sp³-hybridized carbons (Fsp3) is 0.438. The van der Waals surface area contributed by atoms with Crippen molar-refractivity contribution >= 4 is 32.4 Å². The normalized spacial score (nSPS) is 17.7. The molecule has 2 aromatic heterocycles. The zero-order chi connectivity index (χ0) is 32.7. The number of methoxy groups -OCH3 is 1. The van der Waals surface area contributed by atoms with Crippen LogP contribution in [0.1, 0.15) is 70.9 Å². The molecule has 9 nitrogen and oxygen atoms in total. The number of anilines is 2. The lowest BCUT2D eigenvalue weighted by Crippen LogP contribution is -2.43. The summed E-state index contributed by atoms with van der Waals surface area (Å²) in [6, 6.07) is 6.44. The third-order valence-electron chi connectivity index (χ3n) is 8.49. The molecule has 0 amide bonds. The van der Waals surface area contributed by atoms with E-state index in [-0.39, 0.29) is 34.6 Å². The first-order chi connectivity index (χ1) is 21.2. The van der Waals surface area contributed by atoms with Crippen molar-refractivity contribution < 1.29 is 26.3 Å². The van der Waals surface area contributed by atoms with Crippen LogP contribution in [0.3, 0.4) is 0 Å². The molecule has 0 aliphatic heterocycles. The minimum Gasteiger partial charge on any atom is -0.383 e. The summed E-state index contributed by atoms with van der Waals surface area (Å²) in [5.41, 5.74) is 7.00. The maximum absolute atomic E-state index is 15.7. The minimum atomic E-state index is -4.54. The summed E-state index contributed by atoms with van der Waals surface area (Å²) >= 11 is 0. The molecule has 5 rings (SSSR count). The number of pyridine rings is 1. The van der Waals surface area contributed by atoms with Crippen molar-refractivity contribution in [1.82, 2.24) is 20.1 Å². The third kappa shape index (κ3) is 6.66. The molecule has 1 aliphatic carbocycles. The lowest BCUT2D eigenvalue weighted by atomic mass is 9.81. The van der Waals surface area contributed by atoms with Crippen LogP contribution in [0, 0.1) is 17.5 Å². The summed E-state index contributed by atoms with van der Waals surface area (Å²) in [5.74, 6) is -2.74. The summed E-state index contributed by atoms with van der Waals surface area (Å²) in [5, 5.41) is 8.71. The second kappa shape index (κ2) is 12.6. The number of hydrogen-bond donors (Lipinski definition) is 3. The van der Waals surface area contributed by atoms with E-state index in [0.717, 1.165) is 62.1 Å². The SMILES string of the molecule is COC(C)(C)CN[C@H]1CC[C@H](c2cnc(N)c3c(-c4cc(F)c(NS(=O)(=O)c5ccccc5F)cc4F)nn(C(C)C)c32)CC1. The van der Waals surface area contributed by atoms with Crippen LogP contribution in [0.15, 0.2) is 47.5 Å². The van der Waals surface area contributed by atoms with E-state index in [1.54, 1.807) is 18.0 Å². The summed E-state index contributed by atoms with van der Waals surface area (Å²) in [4.78, 5) is 3.76. The fourth-order valence-corrected chi connectivity index (χ4v) is 6.96. The largest absolute Gasteiger partial charge is 0.383 e. The molecule has 13 heteroatoms. The number of nitrogens with zero attached hydrogens (tertiary/aromatic N) is 3. The van der Waals surface area contributed by atoms with Gasteiger partial charge in [0.25, 0.3) is 10.0 Å². The molecule has 0 radical (unpaired) electrons. The van der Waals surface area contributed by atoms with Crippen LogP contribution in [0.4, 0.5) is 24.7 Å². The van der Waals surface area contributed by atoms with Crippen LogP contribution >= 0.6 is 0 Å². The van der Waals surface area contributed by atoms with Gasteiger partial charge in [-0.15, -0.1) is 0 Å². The molecule has 242 valence electrons. The van der Waals surface area contributed by atoms with Gasteiger partial charge in [-0.2, -0.15) is 5.10 Å². The van der Waals surface area contributed by atoms with E-state index < -0.39 is 38.1 Å². The van der Waals surface area contributed by atoms with Crippen molar-refractivity contribution in [3.8, 4) is 11.3 Å². The Bertz CT molecular complexity index is 1820. The number of nitrogen functional groups attached to an aromatic ring is 1. The highest BCUT2D eigenvalue weighted by molar-refractivity contribution is 7.92. The van der Waals surface area contributed by atoms with Gasteiger partial charge in [0.15, 0.2) is 0 Å². The molecular weight excluding hydrogens is 605 g/mol. The van der Waals surface area contributed by atoms with Crippen molar-refractivity contribution in [2.45, 2.75) is 81.9 Å². The maximum Gasteiger partial charge on any atom is 0.264 e. The predicted octanol–water partition coefficient (Wildman–Crippen LogP) is 6.52. The molecule has 0 bridgehead atoms. The molecule has 45 heavy (non-hydrogen) atoms. The van der Waals surface area contributed by atoms with Crippen LogP contribution < -0.4 is 15.8 Å². The zero-order valence-electron chi connectivity index (χ0n) is 26.0. The first kappa shape index (κ1) is 32.7. The van der Waals surface area contributed by atoms with E-state index in [1.807, 2.05) is 32.4 Å². The number of nitrogens with two attached hydrogens (primary N) is 1. The first-order valence-electron chi connectivity index (χ1n) is 14.9. The Labute approximate surface area is 261 Å². The number of ether oxygens (including phenoxy) is 1. The van der Waals surface area contributed by atoms with Gasteiger partial charge in [0, 0.05) is 43.6 Å². The van der Waals surface area contributed by atoms with Gasteiger partial charge in [0.1, 0.15) is 33.9 Å². The van der Waals surface area contributed by atoms with E-state index >= 15 is 8.78 Å². The van der Waals surface area contributed by atoms with E-state index in [2.05, 4.69) is 10.3 Å². The Morgan fingerprint density at radius 1 is 1.07 bits per heavy atom. The summed E-state index contributed by atoms with van der Waals surface area (Å²) in [6.07, 6.45) is 5.44. The molecule has 4 aromatic rings. The summed E-state index contributed by atoms with van der Waals surface area (Å²) in [7, 11) is -2.83. The Morgan fingerprint density at radius 3 is 2.40 bits per heavy atom. The highest BCUT2D eigenvalue weighted by Gasteiger charge is 2.30. The second-order valence-corrected chi connectivity index (χ2v) is 14.1. The number of fused-ring (bicyclic) bond motifs is 1. The molecule has 4 N–H and O–H groups in total. The van der Waals surface area contributed by atoms with E-state index in [4.69, 9.17) is 15.6 Å². The minimum absolute atomic E-state index is 0.0996. The highest BCUT2D eigenvalue weighted by atomic mass is 32.2. The van der Waals surface area contributed by atoms with E-state index in [9.17, 15) is 12.8 Å². The van der Waals surface area contributed by atoms with Crippen molar-refractivity contribution in [2.24, 2.45) is 0 Å². The Hall–Kier alpha value is -3.68. The molecular formula is C32H39F3N6O3S. The molecule has 2 heterocycles. The Kier molecular flexibility index (Phi) is 9.16. The van der Waals surface area contributed by atoms with Crippen molar-refractivity contribution in [1.29, 1.82) is 0 Å². The predicted molar refractivity (Wildman–Crippen MR) is 169 cm³/mol. The molecule has 0 unspecified atom stereocenters. The standard InChI is InChI=1S/C32H39F3N6O3S/c1-18(2)41-30-22(19-10-12-20(13-11-19)38-17-32(3,4)44-5)16-37-31(36)28(30)29(39-41)21-14-25(35)26(15-24(21)34)40-45(42,43)27-9-7-6-8-23(27)33/h6-9,14-16,18-20,38,40H,10-13,17H2,1-5H3,(H2,36,37)/t19-,20-. The third-order valence-corrected chi connectivity index (χ3v) is 9.89. The summed E-state index contributed by atoms with van der Waals surface area (Å²) in [6.45, 7) is 8.69. The molecule has 0 atom stereocenters. The number of hydrogen-bond acceptors (Lipinski definition) is 7. The quantitative estimate of drug-likeness (QED) is 0.180. The number of sulfonamides is 1. The number of rotatable bonds is 10. The van der Waals surface area contributed by atoms with Crippen LogP contribution in [0.2, 0.25) is 0 Å². The van der Waals surface area contributed by atoms with Crippen LogP contribution in [0.5, 0.6) is 0 Å². The monoisotopic (exact) mass is 644 g/mol. The summed E-state index contributed by atoms with van der Waals surface area (Å²) < 4.78 is 80.0. The van der Waals surface area contributed by atoms with Crippen LogP contribution in [-0.2, 0) is 14.8 Å². The highest BCUT2D eigenvalue weighted by Crippen LogP contribution is 2.42. The molecule has 1 fully saturated rings. The number of aromatic nitrogens is 3.